The summed E-state index contributed by atoms with van der Waals surface area (Å²) in [5, 5.41) is 2.91. The van der Waals surface area contributed by atoms with Gasteiger partial charge in [0.1, 0.15) is 6.26 Å². The van der Waals surface area contributed by atoms with Crippen LogP contribution in [0.15, 0.2) is 41.1 Å². The van der Waals surface area contributed by atoms with Crippen LogP contribution in [0.4, 0.5) is 5.69 Å². The molecule has 0 spiro atoms. The van der Waals surface area contributed by atoms with E-state index in [1.807, 2.05) is 24.3 Å². The Morgan fingerprint density at radius 2 is 1.92 bits per heavy atom. The number of nitrogens with zero attached hydrogens (tertiary/aromatic N) is 1. The summed E-state index contributed by atoms with van der Waals surface area (Å²) in [6.45, 7) is 0. The summed E-state index contributed by atoms with van der Waals surface area (Å²) in [7, 11) is 0. The maximum absolute atomic E-state index is 12.3. The smallest absolute Gasteiger partial charge is 0.227 e. The minimum absolute atomic E-state index is 0.0273. The summed E-state index contributed by atoms with van der Waals surface area (Å²) in [5.41, 5.74) is 1.56. The van der Waals surface area contributed by atoms with Crippen molar-refractivity contribution in [1.29, 1.82) is 0 Å². The first-order valence-corrected chi connectivity index (χ1v) is 8.85. The minimum atomic E-state index is -2.25. The average molecular weight is 348 g/mol. The Bertz CT molecular complexity index is 695. The number of nitrogens with one attached hydrogen (secondary N) is 2. The molecule has 0 aliphatic heterocycles. The lowest BCUT2D eigenvalue weighted by Crippen LogP contribution is -2.37. The summed E-state index contributed by atoms with van der Waals surface area (Å²) in [5.74, 6) is 0.421. The Kier molecular flexibility index (Phi) is 5.39. The lowest BCUT2D eigenvalue weighted by atomic mass is 9.86. The zero-order valence-corrected chi connectivity index (χ0v) is 13.8. The van der Waals surface area contributed by atoms with Crippen LogP contribution in [0.2, 0.25) is 0 Å². The summed E-state index contributed by atoms with van der Waals surface area (Å²) in [6, 6.07) is 7.24. The van der Waals surface area contributed by atoms with Crippen molar-refractivity contribution < 1.29 is 18.0 Å². The molecule has 24 heavy (non-hydrogen) atoms. The van der Waals surface area contributed by atoms with Gasteiger partial charge in [0.15, 0.2) is 0 Å². The molecular formula is C16H18N3O4S-. The van der Waals surface area contributed by atoms with Gasteiger partial charge in [-0.25, -0.2) is 9.71 Å². The second-order valence-electron chi connectivity index (χ2n) is 5.80. The quantitative estimate of drug-likeness (QED) is 0.806. The van der Waals surface area contributed by atoms with E-state index in [0.29, 0.717) is 31.6 Å². The normalized spacial score (nSPS) is 22.0. The zero-order valence-electron chi connectivity index (χ0n) is 12.9. The van der Waals surface area contributed by atoms with Crippen LogP contribution in [0.5, 0.6) is 0 Å². The van der Waals surface area contributed by atoms with Crippen LogP contribution in [-0.2, 0) is 16.1 Å². The van der Waals surface area contributed by atoms with Crippen molar-refractivity contribution in [3.05, 3.63) is 36.7 Å². The molecule has 2 N–H and O–H groups in total. The fraction of sp³-hybridized carbons (Fsp3) is 0.375. The van der Waals surface area contributed by atoms with Crippen molar-refractivity contribution in [3.8, 4) is 11.5 Å². The van der Waals surface area contributed by atoms with E-state index < -0.39 is 11.3 Å². The van der Waals surface area contributed by atoms with Gasteiger partial charge in [-0.05, 0) is 49.9 Å². The number of rotatable bonds is 5. The Hall–Kier alpha value is -2.03. The molecule has 1 heterocycles. The predicted octanol–water partition coefficient (Wildman–Crippen LogP) is 2.22. The van der Waals surface area contributed by atoms with Crippen molar-refractivity contribution in [2.75, 3.05) is 5.32 Å². The van der Waals surface area contributed by atoms with Crippen molar-refractivity contribution >= 4 is 22.9 Å². The summed E-state index contributed by atoms with van der Waals surface area (Å²) in [6.07, 6.45) is 5.80. The van der Waals surface area contributed by atoms with Gasteiger partial charge in [0.25, 0.3) is 0 Å². The molecule has 2 aromatic rings. The average Bonchev–Trinajstić information content (AvgIpc) is 3.10. The van der Waals surface area contributed by atoms with Crippen LogP contribution in [0.1, 0.15) is 25.7 Å². The van der Waals surface area contributed by atoms with Gasteiger partial charge in [-0.15, -0.1) is 0 Å². The summed E-state index contributed by atoms with van der Waals surface area (Å²) >= 11 is -2.25. The summed E-state index contributed by atoms with van der Waals surface area (Å²) in [4.78, 5) is 16.4. The monoisotopic (exact) mass is 348 g/mol. The van der Waals surface area contributed by atoms with E-state index in [-0.39, 0.29) is 17.9 Å². The molecule has 0 saturated heterocycles. The molecule has 1 aromatic carbocycles. The molecule has 1 unspecified atom stereocenters. The van der Waals surface area contributed by atoms with Crippen molar-refractivity contribution in [1.82, 2.24) is 9.71 Å². The lowest BCUT2D eigenvalue weighted by Gasteiger charge is -2.28. The first-order valence-electron chi connectivity index (χ1n) is 7.78. The molecule has 1 aliphatic carbocycles. The third-order valence-corrected chi connectivity index (χ3v) is 4.72. The van der Waals surface area contributed by atoms with Gasteiger partial charge >= 0.3 is 0 Å². The maximum atomic E-state index is 12.3. The third-order valence-electron chi connectivity index (χ3n) is 4.19. The minimum Gasteiger partial charge on any atom is -0.760 e. The highest BCUT2D eigenvalue weighted by atomic mass is 32.2. The number of carbonyl (C=O) groups excluding carboxylic acids is 1. The van der Waals surface area contributed by atoms with Crippen molar-refractivity contribution in [3.63, 3.8) is 0 Å². The van der Waals surface area contributed by atoms with Crippen molar-refractivity contribution in [2.45, 2.75) is 31.7 Å². The van der Waals surface area contributed by atoms with E-state index in [1.165, 1.54) is 6.26 Å². The van der Waals surface area contributed by atoms with Gasteiger partial charge in [0.05, 0.1) is 6.20 Å². The van der Waals surface area contributed by atoms with E-state index in [2.05, 4.69) is 15.0 Å². The molecular weight excluding hydrogens is 330 g/mol. The van der Waals surface area contributed by atoms with Crippen LogP contribution in [0.3, 0.4) is 0 Å². The molecule has 1 fully saturated rings. The van der Waals surface area contributed by atoms with E-state index >= 15 is 0 Å². The number of hydrogen-bond donors (Lipinski definition) is 2. The molecule has 1 amide bonds. The second kappa shape index (κ2) is 7.69. The Labute approximate surface area is 142 Å². The van der Waals surface area contributed by atoms with Gasteiger partial charge < -0.3 is 14.3 Å². The first-order chi connectivity index (χ1) is 11.6. The van der Waals surface area contributed by atoms with Gasteiger partial charge in [-0.3, -0.25) is 9.00 Å². The fourth-order valence-corrected chi connectivity index (χ4v) is 3.42. The largest absolute Gasteiger partial charge is 0.760 e. The highest BCUT2D eigenvalue weighted by molar-refractivity contribution is 7.77. The van der Waals surface area contributed by atoms with Gasteiger partial charge in [-0.2, -0.15) is 0 Å². The molecule has 0 radical (unpaired) electrons. The number of carbonyl (C=O) groups is 1. The summed E-state index contributed by atoms with van der Waals surface area (Å²) < 4.78 is 29.0. The van der Waals surface area contributed by atoms with Crippen molar-refractivity contribution in [2.24, 2.45) is 5.92 Å². The van der Waals surface area contributed by atoms with Crippen LogP contribution >= 0.6 is 0 Å². The molecule has 1 saturated carbocycles. The SMILES string of the molecule is O=C(Nc1ccc(-c2ncco2)cc1)C1CCC(NS(=O)[O-])CC1. The van der Waals surface area contributed by atoms with E-state index in [9.17, 15) is 13.6 Å². The van der Waals surface area contributed by atoms with Crippen LogP contribution in [-0.4, -0.2) is 25.7 Å². The van der Waals surface area contributed by atoms with Gasteiger partial charge in [0.2, 0.25) is 11.8 Å². The number of oxazole rings is 1. The fourth-order valence-electron chi connectivity index (χ4n) is 2.92. The third kappa shape index (κ3) is 4.28. The van der Waals surface area contributed by atoms with Crippen LogP contribution in [0, 0.1) is 5.92 Å². The molecule has 8 heteroatoms. The number of anilines is 1. The number of amides is 1. The molecule has 128 valence electrons. The Morgan fingerprint density at radius 1 is 1.21 bits per heavy atom. The lowest BCUT2D eigenvalue weighted by molar-refractivity contribution is -0.120. The number of benzene rings is 1. The standard InChI is InChI=1S/C16H19N3O4S/c20-15(11-1-7-14(8-2-11)19-24(21)22)18-13-5-3-12(4-6-13)16-17-9-10-23-16/h3-6,9-11,14,19H,1-2,7-8H2,(H,18,20)(H,21,22)/p-1. The zero-order chi connectivity index (χ0) is 16.9. The Morgan fingerprint density at radius 3 is 2.50 bits per heavy atom. The van der Waals surface area contributed by atoms with E-state index in [1.54, 1.807) is 6.20 Å². The molecule has 1 atom stereocenters. The highest BCUT2D eigenvalue weighted by Gasteiger charge is 2.26. The molecule has 1 aromatic heterocycles. The van der Waals surface area contributed by atoms with E-state index in [4.69, 9.17) is 4.42 Å². The van der Waals surface area contributed by atoms with Gasteiger partial charge in [0, 0.05) is 34.5 Å². The van der Waals surface area contributed by atoms with Crippen LogP contribution in [0.25, 0.3) is 11.5 Å². The highest BCUT2D eigenvalue weighted by Crippen LogP contribution is 2.26. The van der Waals surface area contributed by atoms with Crippen LogP contribution < -0.4 is 10.0 Å². The van der Waals surface area contributed by atoms with E-state index in [0.717, 1.165) is 11.3 Å². The number of hydrogen-bond acceptors (Lipinski definition) is 5. The molecule has 3 rings (SSSR count). The molecule has 1 aliphatic rings. The predicted molar refractivity (Wildman–Crippen MR) is 88.4 cm³/mol. The Balaban J connectivity index is 1.53. The molecule has 0 bridgehead atoms. The second-order valence-corrected chi connectivity index (χ2v) is 6.51. The first kappa shape index (κ1) is 16.8. The van der Waals surface area contributed by atoms with Gasteiger partial charge in [-0.1, -0.05) is 0 Å². The maximum Gasteiger partial charge on any atom is 0.227 e. The molecule has 7 nitrogen and oxygen atoms in total. The number of aromatic nitrogens is 1. The topological polar surface area (TPSA) is 107 Å².